The van der Waals surface area contributed by atoms with Crippen molar-refractivity contribution in [2.75, 3.05) is 0 Å². The summed E-state index contributed by atoms with van der Waals surface area (Å²) in [5.41, 5.74) is 0.901. The van der Waals surface area contributed by atoms with Gasteiger partial charge in [0.1, 0.15) is 0 Å². The average molecular weight is 265 g/mol. The number of hydrogen-bond acceptors (Lipinski definition) is 1. The van der Waals surface area contributed by atoms with Crippen LogP contribution >= 0.6 is 34.8 Å². The molecule has 0 bridgehead atoms. The third-order valence-electron chi connectivity index (χ3n) is 2.81. The van der Waals surface area contributed by atoms with Gasteiger partial charge in [-0.1, -0.05) is 41.2 Å². The van der Waals surface area contributed by atoms with Crippen LogP contribution in [-0.2, 0) is 6.54 Å². The van der Waals surface area contributed by atoms with E-state index in [0.29, 0.717) is 27.7 Å². The number of halogens is 3. The molecular formula is C11H12Cl3N. The normalized spacial score (nSPS) is 16.5. The number of nitrogens with one attached hydrogen (secondary N) is 1. The lowest BCUT2D eigenvalue weighted by atomic mass is 9.93. The molecule has 1 aromatic rings. The van der Waals surface area contributed by atoms with Crippen molar-refractivity contribution in [3.8, 4) is 0 Å². The molecule has 2 rings (SSSR count). The second-order valence-corrected chi connectivity index (χ2v) is 5.02. The van der Waals surface area contributed by atoms with Gasteiger partial charge in [0.05, 0.1) is 10.0 Å². The quantitative estimate of drug-likeness (QED) is 0.803. The van der Waals surface area contributed by atoms with Crippen LogP contribution in [0.15, 0.2) is 12.1 Å². The lowest BCUT2D eigenvalue weighted by molar-refractivity contribution is 0.338. The van der Waals surface area contributed by atoms with Crippen LogP contribution in [0.5, 0.6) is 0 Å². The van der Waals surface area contributed by atoms with E-state index in [1.165, 1.54) is 19.3 Å². The van der Waals surface area contributed by atoms with Crippen LogP contribution < -0.4 is 5.32 Å². The molecule has 4 heteroatoms. The van der Waals surface area contributed by atoms with Crippen molar-refractivity contribution in [1.82, 2.24) is 5.32 Å². The Morgan fingerprint density at radius 2 is 1.80 bits per heavy atom. The fourth-order valence-electron chi connectivity index (χ4n) is 1.59. The van der Waals surface area contributed by atoms with E-state index in [0.717, 1.165) is 5.56 Å². The summed E-state index contributed by atoms with van der Waals surface area (Å²) < 4.78 is 0. The van der Waals surface area contributed by atoms with Crippen molar-refractivity contribution in [1.29, 1.82) is 0 Å². The molecule has 1 N–H and O–H groups in total. The SMILES string of the molecule is Clc1ccc(Cl)c(CNC2CCC2)c1Cl. The minimum atomic E-state index is 0.562. The fraction of sp³-hybridized carbons (Fsp3) is 0.455. The van der Waals surface area contributed by atoms with Gasteiger partial charge in [0.25, 0.3) is 0 Å². The predicted octanol–water partition coefficient (Wildman–Crippen LogP) is 4.29. The van der Waals surface area contributed by atoms with Gasteiger partial charge in [-0.3, -0.25) is 0 Å². The largest absolute Gasteiger partial charge is 0.310 e. The third-order valence-corrected chi connectivity index (χ3v) is 4.01. The van der Waals surface area contributed by atoms with Crippen molar-refractivity contribution in [2.24, 2.45) is 0 Å². The van der Waals surface area contributed by atoms with Crippen molar-refractivity contribution in [3.63, 3.8) is 0 Å². The Balaban J connectivity index is 2.08. The average Bonchev–Trinajstić information content (AvgIpc) is 2.15. The maximum absolute atomic E-state index is 6.09. The molecule has 0 heterocycles. The van der Waals surface area contributed by atoms with Crippen molar-refractivity contribution < 1.29 is 0 Å². The molecule has 1 saturated carbocycles. The summed E-state index contributed by atoms with van der Waals surface area (Å²) in [6.45, 7) is 0.697. The van der Waals surface area contributed by atoms with Crippen molar-refractivity contribution in [3.05, 3.63) is 32.8 Å². The molecule has 0 radical (unpaired) electrons. The summed E-state index contributed by atoms with van der Waals surface area (Å²) in [6.07, 6.45) is 3.81. The smallest absolute Gasteiger partial charge is 0.0652 e. The van der Waals surface area contributed by atoms with Crippen LogP contribution in [0.25, 0.3) is 0 Å². The Bertz CT molecular complexity index is 361. The molecule has 0 saturated heterocycles. The zero-order valence-electron chi connectivity index (χ0n) is 8.19. The maximum atomic E-state index is 6.09. The Morgan fingerprint density at radius 1 is 1.13 bits per heavy atom. The van der Waals surface area contributed by atoms with E-state index in [1.807, 2.05) is 0 Å². The lowest BCUT2D eigenvalue weighted by Crippen LogP contribution is -2.34. The highest BCUT2D eigenvalue weighted by Gasteiger charge is 2.18. The van der Waals surface area contributed by atoms with Crippen molar-refractivity contribution >= 4 is 34.8 Å². The molecule has 0 aliphatic heterocycles. The van der Waals surface area contributed by atoms with Gasteiger partial charge in [0.15, 0.2) is 0 Å². The second-order valence-electron chi connectivity index (χ2n) is 3.83. The van der Waals surface area contributed by atoms with E-state index in [-0.39, 0.29) is 0 Å². The Kier molecular flexibility index (Phi) is 3.78. The van der Waals surface area contributed by atoms with Crippen LogP contribution in [0.2, 0.25) is 15.1 Å². The number of benzene rings is 1. The summed E-state index contributed by atoms with van der Waals surface area (Å²) in [6, 6.07) is 4.13. The zero-order valence-corrected chi connectivity index (χ0v) is 10.5. The highest BCUT2D eigenvalue weighted by atomic mass is 35.5. The van der Waals surface area contributed by atoms with Crippen LogP contribution in [0.3, 0.4) is 0 Å². The fourth-order valence-corrected chi connectivity index (χ4v) is 2.27. The minimum absolute atomic E-state index is 0.562. The first-order valence-corrected chi connectivity index (χ1v) is 6.17. The molecule has 82 valence electrons. The molecule has 0 spiro atoms. The molecular weight excluding hydrogens is 252 g/mol. The van der Waals surface area contributed by atoms with Gasteiger partial charge in [0.2, 0.25) is 0 Å². The van der Waals surface area contributed by atoms with Crippen LogP contribution in [0, 0.1) is 0 Å². The molecule has 0 amide bonds. The van der Waals surface area contributed by atoms with Crippen LogP contribution in [0.1, 0.15) is 24.8 Å². The Hall–Kier alpha value is 0.0500. The summed E-state index contributed by atoms with van der Waals surface area (Å²) in [7, 11) is 0. The second kappa shape index (κ2) is 4.92. The molecule has 0 aromatic heterocycles. The monoisotopic (exact) mass is 263 g/mol. The van der Waals surface area contributed by atoms with Crippen molar-refractivity contribution in [2.45, 2.75) is 31.8 Å². The van der Waals surface area contributed by atoms with E-state index < -0.39 is 0 Å². The predicted molar refractivity (Wildman–Crippen MR) is 66.0 cm³/mol. The lowest BCUT2D eigenvalue weighted by Gasteiger charge is -2.27. The molecule has 0 unspecified atom stereocenters. The van der Waals surface area contributed by atoms with E-state index in [1.54, 1.807) is 12.1 Å². The van der Waals surface area contributed by atoms with E-state index in [4.69, 9.17) is 34.8 Å². The van der Waals surface area contributed by atoms with Gasteiger partial charge in [0, 0.05) is 23.2 Å². The minimum Gasteiger partial charge on any atom is -0.310 e. The number of rotatable bonds is 3. The zero-order chi connectivity index (χ0) is 10.8. The molecule has 1 nitrogen and oxygen atoms in total. The Labute approximate surface area is 105 Å². The molecule has 1 fully saturated rings. The van der Waals surface area contributed by atoms with Gasteiger partial charge in [-0.05, 0) is 25.0 Å². The summed E-state index contributed by atoms with van der Waals surface area (Å²) >= 11 is 18.1. The molecule has 1 aliphatic rings. The Morgan fingerprint density at radius 3 is 2.40 bits per heavy atom. The van der Waals surface area contributed by atoms with Gasteiger partial charge in [-0.15, -0.1) is 0 Å². The summed E-state index contributed by atoms with van der Waals surface area (Å²) in [5.74, 6) is 0. The van der Waals surface area contributed by atoms with Crippen LogP contribution in [0.4, 0.5) is 0 Å². The first-order valence-electron chi connectivity index (χ1n) is 5.04. The third kappa shape index (κ3) is 2.59. The number of hydrogen-bond donors (Lipinski definition) is 1. The van der Waals surface area contributed by atoms with E-state index >= 15 is 0 Å². The first-order chi connectivity index (χ1) is 7.18. The maximum Gasteiger partial charge on any atom is 0.0652 e. The molecule has 1 aromatic carbocycles. The van der Waals surface area contributed by atoms with E-state index in [2.05, 4.69) is 5.32 Å². The standard InChI is InChI=1S/C11H12Cl3N/c12-9-4-5-10(13)11(14)8(9)6-15-7-2-1-3-7/h4-5,7,15H,1-3,6H2. The van der Waals surface area contributed by atoms with Gasteiger partial charge < -0.3 is 5.32 Å². The molecule has 15 heavy (non-hydrogen) atoms. The van der Waals surface area contributed by atoms with Gasteiger partial charge in [-0.25, -0.2) is 0 Å². The molecule has 1 aliphatic carbocycles. The highest BCUT2D eigenvalue weighted by molar-refractivity contribution is 6.44. The van der Waals surface area contributed by atoms with Gasteiger partial charge in [-0.2, -0.15) is 0 Å². The first kappa shape index (κ1) is 11.5. The highest BCUT2D eigenvalue weighted by Crippen LogP contribution is 2.31. The molecule has 0 atom stereocenters. The van der Waals surface area contributed by atoms with Gasteiger partial charge >= 0.3 is 0 Å². The summed E-state index contributed by atoms with van der Waals surface area (Å²) in [4.78, 5) is 0. The topological polar surface area (TPSA) is 12.0 Å². The summed E-state index contributed by atoms with van der Waals surface area (Å²) in [5, 5.41) is 5.22. The van der Waals surface area contributed by atoms with E-state index in [9.17, 15) is 0 Å². The van der Waals surface area contributed by atoms with Crippen LogP contribution in [-0.4, -0.2) is 6.04 Å².